The van der Waals surface area contributed by atoms with Gasteiger partial charge in [-0.15, -0.1) is 0 Å². The van der Waals surface area contributed by atoms with Crippen LogP contribution in [0.25, 0.3) is 21.7 Å². The van der Waals surface area contributed by atoms with Crippen LogP contribution in [0.3, 0.4) is 0 Å². The molecule has 2 amide bonds. The zero-order chi connectivity index (χ0) is 19.6. The number of fused-ring (bicyclic) bond motifs is 2. The summed E-state index contributed by atoms with van der Waals surface area (Å²) in [5.41, 5.74) is 1.97. The minimum atomic E-state index is -0.130. The number of nitrogens with zero attached hydrogens (tertiary/aromatic N) is 3. The molecule has 1 aliphatic rings. The summed E-state index contributed by atoms with van der Waals surface area (Å²) in [6.07, 6.45) is 0. The lowest BCUT2D eigenvalue weighted by molar-refractivity contribution is 0.143. The van der Waals surface area contributed by atoms with Crippen molar-refractivity contribution in [2.75, 3.05) is 31.5 Å². The number of carbonyl (C=O) groups is 1. The van der Waals surface area contributed by atoms with Crippen LogP contribution in [0.5, 0.6) is 0 Å². The van der Waals surface area contributed by atoms with E-state index in [0.29, 0.717) is 24.5 Å². The van der Waals surface area contributed by atoms with Crippen LogP contribution in [0.2, 0.25) is 0 Å². The maximum Gasteiger partial charge on any atom is 0.323 e. The summed E-state index contributed by atoms with van der Waals surface area (Å²) in [7, 11) is 0. The molecule has 0 bridgehead atoms. The zero-order valence-electron chi connectivity index (χ0n) is 16.0. The van der Waals surface area contributed by atoms with Crippen molar-refractivity contribution in [1.82, 2.24) is 15.0 Å². The molecule has 0 aliphatic carbocycles. The van der Waals surface area contributed by atoms with E-state index in [1.807, 2.05) is 29.2 Å². The van der Waals surface area contributed by atoms with Gasteiger partial charge < -0.3 is 9.42 Å². The summed E-state index contributed by atoms with van der Waals surface area (Å²) in [6, 6.07) is 22.4. The molecule has 6 nitrogen and oxygen atoms in total. The third kappa shape index (κ3) is 3.67. The van der Waals surface area contributed by atoms with Crippen LogP contribution in [0.15, 0.2) is 71.3 Å². The molecule has 4 aromatic rings. The molecular weight excluding hydrogens is 364 g/mol. The first-order valence-electron chi connectivity index (χ1n) is 9.87. The van der Waals surface area contributed by atoms with E-state index in [1.165, 1.54) is 16.3 Å². The Morgan fingerprint density at radius 3 is 2.55 bits per heavy atom. The summed E-state index contributed by atoms with van der Waals surface area (Å²) in [6.45, 7) is 3.97. The van der Waals surface area contributed by atoms with E-state index in [0.717, 1.165) is 25.0 Å². The second-order valence-corrected chi connectivity index (χ2v) is 7.40. The second-order valence-electron chi connectivity index (χ2n) is 7.40. The molecule has 146 valence electrons. The first-order valence-corrected chi connectivity index (χ1v) is 9.87. The van der Waals surface area contributed by atoms with Crippen molar-refractivity contribution >= 4 is 33.6 Å². The Morgan fingerprint density at radius 2 is 1.69 bits per heavy atom. The molecule has 6 heteroatoms. The van der Waals surface area contributed by atoms with Crippen molar-refractivity contribution in [3.8, 4) is 0 Å². The zero-order valence-corrected chi connectivity index (χ0v) is 16.0. The number of hydrogen-bond acceptors (Lipinski definition) is 4. The van der Waals surface area contributed by atoms with Crippen LogP contribution in [0.1, 0.15) is 5.56 Å². The van der Waals surface area contributed by atoms with Gasteiger partial charge in [0.1, 0.15) is 0 Å². The SMILES string of the molecule is O=C(Nc1noc2ccccc12)N1CCN(Cc2ccc3ccccc3c2)CC1. The topological polar surface area (TPSA) is 61.6 Å². The van der Waals surface area contributed by atoms with Gasteiger partial charge in [0.15, 0.2) is 11.4 Å². The van der Waals surface area contributed by atoms with Gasteiger partial charge in [-0.3, -0.25) is 10.2 Å². The van der Waals surface area contributed by atoms with Crippen LogP contribution in [-0.2, 0) is 6.54 Å². The molecule has 0 radical (unpaired) electrons. The lowest BCUT2D eigenvalue weighted by Gasteiger charge is -2.34. The van der Waals surface area contributed by atoms with E-state index in [9.17, 15) is 4.79 Å². The maximum atomic E-state index is 12.6. The number of benzene rings is 3. The minimum Gasteiger partial charge on any atom is -0.354 e. The van der Waals surface area contributed by atoms with E-state index in [1.54, 1.807) is 0 Å². The molecule has 1 N–H and O–H groups in total. The van der Waals surface area contributed by atoms with Crippen LogP contribution in [0.4, 0.5) is 10.6 Å². The largest absolute Gasteiger partial charge is 0.354 e. The molecule has 5 rings (SSSR count). The van der Waals surface area contributed by atoms with Gasteiger partial charge in [0.2, 0.25) is 0 Å². The number of aromatic nitrogens is 1. The highest BCUT2D eigenvalue weighted by Gasteiger charge is 2.22. The van der Waals surface area contributed by atoms with Gasteiger partial charge in [0, 0.05) is 32.7 Å². The average molecular weight is 386 g/mol. The molecule has 0 spiro atoms. The summed E-state index contributed by atoms with van der Waals surface area (Å²) in [4.78, 5) is 16.9. The Bertz CT molecular complexity index is 1160. The van der Waals surface area contributed by atoms with Crippen molar-refractivity contribution < 1.29 is 9.32 Å². The Kier molecular flexibility index (Phi) is 4.62. The highest BCUT2D eigenvalue weighted by Crippen LogP contribution is 2.22. The van der Waals surface area contributed by atoms with E-state index in [2.05, 4.69) is 57.8 Å². The van der Waals surface area contributed by atoms with Gasteiger partial charge in [-0.25, -0.2) is 4.79 Å². The molecule has 0 unspecified atom stereocenters. The molecule has 1 aliphatic heterocycles. The van der Waals surface area contributed by atoms with Crippen molar-refractivity contribution in [2.45, 2.75) is 6.54 Å². The quantitative estimate of drug-likeness (QED) is 0.569. The molecule has 1 aromatic heterocycles. The smallest absolute Gasteiger partial charge is 0.323 e. The Morgan fingerprint density at radius 1 is 0.931 bits per heavy atom. The highest BCUT2D eigenvalue weighted by atomic mass is 16.5. The standard InChI is InChI=1S/C23H22N4O2/c28-23(24-22-20-7-3-4-8-21(20)29-25-22)27-13-11-26(12-14-27)16-17-9-10-18-5-1-2-6-19(18)15-17/h1-10,15H,11-14,16H2,(H,24,25,28). The Hall–Kier alpha value is -3.38. The molecule has 29 heavy (non-hydrogen) atoms. The number of carbonyl (C=O) groups excluding carboxylic acids is 1. The van der Waals surface area contributed by atoms with Gasteiger partial charge in [0.05, 0.1) is 5.39 Å². The van der Waals surface area contributed by atoms with Crippen LogP contribution in [-0.4, -0.2) is 47.2 Å². The van der Waals surface area contributed by atoms with Gasteiger partial charge in [-0.1, -0.05) is 53.7 Å². The van der Waals surface area contributed by atoms with Crippen molar-refractivity contribution in [2.24, 2.45) is 0 Å². The number of nitrogens with one attached hydrogen (secondary N) is 1. The predicted molar refractivity (Wildman–Crippen MR) is 114 cm³/mol. The monoisotopic (exact) mass is 386 g/mol. The summed E-state index contributed by atoms with van der Waals surface area (Å²) >= 11 is 0. The summed E-state index contributed by atoms with van der Waals surface area (Å²) in [5.74, 6) is 0.476. The van der Waals surface area contributed by atoms with E-state index in [-0.39, 0.29) is 6.03 Å². The van der Waals surface area contributed by atoms with Crippen LogP contribution >= 0.6 is 0 Å². The van der Waals surface area contributed by atoms with Gasteiger partial charge in [0.25, 0.3) is 0 Å². The maximum absolute atomic E-state index is 12.6. The number of urea groups is 1. The summed E-state index contributed by atoms with van der Waals surface area (Å²) in [5, 5.41) is 10.2. The first kappa shape index (κ1) is 17.7. The Labute approximate surface area is 168 Å². The first-order chi connectivity index (χ1) is 14.3. The number of para-hydroxylation sites is 1. The predicted octanol–water partition coefficient (Wildman–Crippen LogP) is 4.33. The van der Waals surface area contributed by atoms with Crippen molar-refractivity contribution in [3.63, 3.8) is 0 Å². The highest BCUT2D eigenvalue weighted by molar-refractivity contribution is 5.98. The fraction of sp³-hybridized carbons (Fsp3) is 0.217. The third-order valence-electron chi connectivity index (χ3n) is 5.48. The number of piperazine rings is 1. The van der Waals surface area contributed by atoms with Gasteiger partial charge in [-0.2, -0.15) is 0 Å². The lowest BCUT2D eigenvalue weighted by Crippen LogP contribution is -2.49. The average Bonchev–Trinajstić information content (AvgIpc) is 3.17. The lowest BCUT2D eigenvalue weighted by atomic mass is 10.1. The normalized spacial score (nSPS) is 15.1. The van der Waals surface area contributed by atoms with Crippen LogP contribution in [0, 0.1) is 0 Å². The molecule has 3 aromatic carbocycles. The molecule has 0 atom stereocenters. The molecule has 1 fully saturated rings. The van der Waals surface area contributed by atoms with Gasteiger partial charge >= 0.3 is 6.03 Å². The summed E-state index contributed by atoms with van der Waals surface area (Å²) < 4.78 is 5.26. The van der Waals surface area contributed by atoms with Crippen LogP contribution < -0.4 is 5.32 Å². The van der Waals surface area contributed by atoms with Crippen molar-refractivity contribution in [3.05, 3.63) is 72.3 Å². The number of hydrogen-bond donors (Lipinski definition) is 1. The minimum absolute atomic E-state index is 0.130. The fourth-order valence-corrected chi connectivity index (χ4v) is 3.86. The fourth-order valence-electron chi connectivity index (χ4n) is 3.86. The second kappa shape index (κ2) is 7.56. The van der Waals surface area contributed by atoms with E-state index < -0.39 is 0 Å². The van der Waals surface area contributed by atoms with Crippen molar-refractivity contribution in [1.29, 1.82) is 0 Å². The molecule has 1 saturated heterocycles. The third-order valence-corrected chi connectivity index (χ3v) is 5.48. The number of anilines is 1. The molecule has 0 saturated carbocycles. The molecular formula is C23H22N4O2. The van der Waals surface area contributed by atoms with Gasteiger partial charge in [-0.05, 0) is 34.5 Å². The van der Waals surface area contributed by atoms with E-state index in [4.69, 9.17) is 4.52 Å². The number of amides is 2. The Balaban J connectivity index is 1.19. The van der Waals surface area contributed by atoms with E-state index >= 15 is 0 Å². The number of rotatable bonds is 3. The molecule has 2 heterocycles.